The number of aliphatic carboxylic acids is 3. The quantitative estimate of drug-likeness (QED) is 0.0486. The molecule has 1 spiro atoms. The predicted molar refractivity (Wildman–Crippen MR) is 212 cm³/mol. The molecule has 0 aliphatic carbocycles. The van der Waals surface area contributed by atoms with Crippen LogP contribution >= 0.6 is 0 Å². The van der Waals surface area contributed by atoms with Gasteiger partial charge < -0.3 is 50.9 Å². The summed E-state index contributed by atoms with van der Waals surface area (Å²) in [7, 11) is 1.30. The number of amides is 4. The van der Waals surface area contributed by atoms with Gasteiger partial charge in [0.2, 0.25) is 17.7 Å². The Morgan fingerprint density at radius 2 is 1.36 bits per heavy atom. The van der Waals surface area contributed by atoms with Crippen molar-refractivity contribution in [1.82, 2.24) is 21.1 Å². The Labute approximate surface area is 347 Å². The molecule has 0 fully saturated rings. The van der Waals surface area contributed by atoms with Gasteiger partial charge in [0.15, 0.2) is 5.60 Å². The Balaban J connectivity index is 1.50. The summed E-state index contributed by atoms with van der Waals surface area (Å²) in [4.78, 5) is 114. The minimum Gasteiger partial charge on any atom is -0.481 e. The minimum atomic E-state index is -1.79. The van der Waals surface area contributed by atoms with E-state index in [4.69, 9.17) is 9.47 Å². The molecule has 8 N–H and O–H groups in total. The number of ether oxygens (including phenoxy) is 2. The Morgan fingerprint density at radius 3 is 1.90 bits per heavy atom. The van der Waals surface area contributed by atoms with E-state index in [-0.39, 0.29) is 23.1 Å². The zero-order valence-electron chi connectivity index (χ0n) is 33.3. The highest BCUT2D eigenvalue weighted by molar-refractivity contribution is 5.99. The van der Waals surface area contributed by atoms with Crippen LogP contribution in [0.5, 0.6) is 11.5 Å². The molecule has 61 heavy (non-hydrogen) atoms. The molecule has 4 amide bonds. The second kappa shape index (κ2) is 18.8. The Bertz CT molecular complexity index is 2280. The van der Waals surface area contributed by atoms with Gasteiger partial charge in [0.25, 0.3) is 5.91 Å². The SMILES string of the molecule is CN[C@@H](CC(=O)O)C(=O)N[C@@H](CCC(=O)O)C(=O)N(N[C@@H](CC(=O)O)C(=O)Nc1ccc2c(c1)Oc1cc(NC(C)=O)ccc1C21OC(=O)c2ccccc21)[C@H](C=O)C(C)C. The monoisotopic (exact) mass is 844 g/mol. The van der Waals surface area contributed by atoms with E-state index in [1.165, 1.54) is 32.2 Å². The second-order valence-corrected chi connectivity index (χ2v) is 14.6. The molecule has 0 saturated carbocycles. The van der Waals surface area contributed by atoms with Crippen LogP contribution in [-0.2, 0) is 48.7 Å². The number of fused-ring (bicyclic) bond motifs is 6. The fourth-order valence-corrected chi connectivity index (χ4v) is 7.08. The summed E-state index contributed by atoms with van der Waals surface area (Å²) in [5.74, 6) is -8.67. The van der Waals surface area contributed by atoms with Crippen molar-refractivity contribution in [3.8, 4) is 11.5 Å². The Hall–Kier alpha value is -7.19. The van der Waals surface area contributed by atoms with E-state index in [9.17, 15) is 58.5 Å². The number of carbonyl (C=O) groups excluding carboxylic acids is 6. The van der Waals surface area contributed by atoms with Crippen molar-refractivity contribution in [2.75, 3.05) is 17.7 Å². The van der Waals surface area contributed by atoms with Gasteiger partial charge in [0, 0.05) is 53.5 Å². The van der Waals surface area contributed by atoms with Crippen LogP contribution in [0.2, 0.25) is 0 Å². The standard InChI is InChI=1S/C41H44N6O14/c1-20(2)31(19-48)47(39(58)28(13-14-34(50)51)45-37(56)29(42-4)17-35(52)53)46-30(18-36(54)55)38(57)44-23-10-12-27-33(16-23)60-32-15-22(43-21(3)49)9-11-26(32)41(27)25-8-6-5-7-24(25)40(59)61-41/h5-12,15-16,19-20,28-31,42,46H,13-14,17-18H2,1-4H3,(H,43,49)(H,44,57)(H,45,56)(H,50,51)(H,52,53)(H,54,55)/t28-,29-,30-,31+,41?/m0/s1. The van der Waals surface area contributed by atoms with E-state index in [2.05, 4.69) is 26.7 Å². The molecule has 3 aromatic carbocycles. The smallest absolute Gasteiger partial charge is 0.340 e. The summed E-state index contributed by atoms with van der Waals surface area (Å²) < 4.78 is 12.4. The number of carboxylic acid groups (broad SMARTS) is 3. The summed E-state index contributed by atoms with van der Waals surface area (Å²) in [5, 5.41) is 39.3. The van der Waals surface area contributed by atoms with Crippen LogP contribution in [0.4, 0.5) is 11.4 Å². The van der Waals surface area contributed by atoms with Crippen LogP contribution in [0.15, 0.2) is 60.7 Å². The first-order chi connectivity index (χ1) is 28.9. The van der Waals surface area contributed by atoms with Gasteiger partial charge >= 0.3 is 23.9 Å². The molecule has 5 rings (SSSR count). The number of benzene rings is 3. The fourth-order valence-electron chi connectivity index (χ4n) is 7.08. The molecule has 0 saturated heterocycles. The average molecular weight is 845 g/mol. The molecule has 3 aromatic rings. The van der Waals surface area contributed by atoms with Gasteiger partial charge in [-0.25, -0.2) is 10.2 Å². The van der Waals surface area contributed by atoms with Gasteiger partial charge in [-0.05, 0) is 49.7 Å². The lowest BCUT2D eigenvalue weighted by Crippen LogP contribution is -2.63. The van der Waals surface area contributed by atoms with Gasteiger partial charge in [0.05, 0.1) is 24.4 Å². The molecule has 5 atom stereocenters. The summed E-state index contributed by atoms with van der Waals surface area (Å²) in [6, 6.07) is 9.72. The molecule has 0 radical (unpaired) electrons. The summed E-state index contributed by atoms with van der Waals surface area (Å²) in [6.45, 7) is 4.41. The number of hydrogen-bond acceptors (Lipinski definition) is 13. The number of carboxylic acids is 3. The number of hydrogen-bond donors (Lipinski definition) is 8. The molecule has 20 heteroatoms. The van der Waals surface area contributed by atoms with Gasteiger partial charge in [-0.3, -0.25) is 38.6 Å². The van der Waals surface area contributed by atoms with Crippen LogP contribution in [-0.4, -0.2) is 105 Å². The largest absolute Gasteiger partial charge is 0.481 e. The summed E-state index contributed by atoms with van der Waals surface area (Å²) in [5.41, 5.74) is 3.04. The van der Waals surface area contributed by atoms with Crippen molar-refractivity contribution in [3.05, 3.63) is 82.9 Å². The average Bonchev–Trinajstić information content (AvgIpc) is 3.48. The fraction of sp³-hybridized carbons (Fsp3) is 0.341. The first-order valence-electron chi connectivity index (χ1n) is 19.0. The number of hydrazine groups is 1. The third-order valence-electron chi connectivity index (χ3n) is 9.96. The zero-order chi connectivity index (χ0) is 44.8. The number of nitrogens with one attached hydrogen (secondary N) is 5. The summed E-state index contributed by atoms with van der Waals surface area (Å²) in [6.07, 6.45) is -2.51. The van der Waals surface area contributed by atoms with Crippen molar-refractivity contribution in [2.45, 2.75) is 76.2 Å². The zero-order valence-corrected chi connectivity index (χ0v) is 33.3. The number of aldehydes is 1. The molecule has 0 bridgehead atoms. The molecular formula is C41H44N6O14. The van der Waals surface area contributed by atoms with Gasteiger partial charge in [-0.1, -0.05) is 32.0 Å². The number of esters is 1. The number of likely N-dealkylation sites (N-methyl/N-ethyl adjacent to an activating group) is 1. The highest BCUT2D eigenvalue weighted by atomic mass is 16.6. The Morgan fingerprint density at radius 1 is 0.770 bits per heavy atom. The lowest BCUT2D eigenvalue weighted by molar-refractivity contribution is -0.150. The van der Waals surface area contributed by atoms with Crippen molar-refractivity contribution < 1.29 is 67.9 Å². The third kappa shape index (κ3) is 9.82. The lowest BCUT2D eigenvalue weighted by Gasteiger charge is -2.37. The topological polar surface area (TPSA) is 296 Å². The molecule has 0 aromatic heterocycles. The van der Waals surface area contributed by atoms with Gasteiger partial charge in [-0.2, -0.15) is 0 Å². The van der Waals surface area contributed by atoms with E-state index in [1.54, 1.807) is 56.3 Å². The van der Waals surface area contributed by atoms with Crippen molar-refractivity contribution in [1.29, 1.82) is 0 Å². The first-order valence-corrected chi connectivity index (χ1v) is 19.0. The molecule has 2 aliphatic heterocycles. The van der Waals surface area contributed by atoms with E-state index in [0.29, 0.717) is 39.2 Å². The normalized spacial score (nSPS) is 16.6. The van der Waals surface area contributed by atoms with Crippen molar-refractivity contribution >= 4 is 65.2 Å². The number of rotatable bonds is 19. The van der Waals surface area contributed by atoms with Crippen molar-refractivity contribution in [3.63, 3.8) is 0 Å². The molecule has 322 valence electrons. The number of nitrogens with zero attached hydrogens (tertiary/aromatic N) is 1. The highest BCUT2D eigenvalue weighted by Crippen LogP contribution is 2.56. The number of anilines is 2. The third-order valence-corrected chi connectivity index (χ3v) is 9.96. The maximum absolute atomic E-state index is 14.2. The number of carbonyl (C=O) groups is 9. The van der Waals surface area contributed by atoms with E-state index >= 15 is 0 Å². The molecule has 20 nitrogen and oxygen atoms in total. The van der Waals surface area contributed by atoms with E-state index in [0.717, 1.165) is 0 Å². The van der Waals surface area contributed by atoms with E-state index < -0.39 is 103 Å². The van der Waals surface area contributed by atoms with Crippen molar-refractivity contribution in [2.24, 2.45) is 5.92 Å². The summed E-state index contributed by atoms with van der Waals surface area (Å²) >= 11 is 0. The molecule has 2 aliphatic rings. The predicted octanol–water partition coefficient (Wildman–Crippen LogP) is 1.96. The molecular weight excluding hydrogens is 800 g/mol. The van der Waals surface area contributed by atoms with Crippen LogP contribution in [0.25, 0.3) is 0 Å². The van der Waals surface area contributed by atoms with E-state index in [1.807, 2.05) is 0 Å². The van der Waals surface area contributed by atoms with Crippen LogP contribution in [0.3, 0.4) is 0 Å². The maximum Gasteiger partial charge on any atom is 0.340 e. The molecule has 2 heterocycles. The lowest BCUT2D eigenvalue weighted by atomic mass is 9.77. The van der Waals surface area contributed by atoms with Gasteiger partial charge in [-0.15, -0.1) is 0 Å². The molecule has 1 unspecified atom stereocenters. The minimum absolute atomic E-state index is 0.0481. The highest BCUT2D eigenvalue weighted by Gasteiger charge is 2.53. The van der Waals surface area contributed by atoms with Crippen LogP contribution in [0, 0.1) is 5.92 Å². The second-order valence-electron chi connectivity index (χ2n) is 14.6. The maximum atomic E-state index is 14.2. The van der Waals surface area contributed by atoms with Crippen LogP contribution in [0.1, 0.15) is 73.5 Å². The van der Waals surface area contributed by atoms with Gasteiger partial charge in [0.1, 0.15) is 35.9 Å². The van der Waals surface area contributed by atoms with Crippen LogP contribution < -0.4 is 31.4 Å². The Kier molecular flexibility index (Phi) is 13.8. The first kappa shape index (κ1) is 44.9.